The number of nitrogens with zero attached hydrogens (tertiary/aromatic N) is 3. The Hall–Kier alpha value is -4.09. The average Bonchev–Trinajstić information content (AvgIpc) is 3.24. The molecular weight excluding hydrogens is 596 g/mol. The summed E-state index contributed by atoms with van der Waals surface area (Å²) < 4.78 is 42.0. The lowest BCUT2D eigenvalue weighted by atomic mass is 10.2. The fourth-order valence-corrected chi connectivity index (χ4v) is 6.19. The number of methoxy groups -OCH3 is 2. The van der Waals surface area contributed by atoms with Crippen LogP contribution in [0.3, 0.4) is 0 Å². The topological polar surface area (TPSA) is 102 Å². The standard InChI is InChI=1S/C29H29BrN4O5S/c1-20-16-22(21(2)34(20)26-13-9-8-12-25(26)30)18-31-32-29(35)19-33(40(36,37)24-10-6-5-7-11-24)27-15-14-23(38-3)17-28(27)39-4/h5-18H,19H2,1-4H3,(H,32,35)/b31-18-. The zero-order chi connectivity index (χ0) is 28.9. The van der Waals surface area contributed by atoms with Crippen molar-refractivity contribution in [2.45, 2.75) is 18.7 Å². The van der Waals surface area contributed by atoms with Crippen LogP contribution in [0.4, 0.5) is 5.69 Å². The molecule has 0 fully saturated rings. The molecule has 0 bridgehead atoms. The van der Waals surface area contributed by atoms with E-state index in [4.69, 9.17) is 9.47 Å². The van der Waals surface area contributed by atoms with Crippen molar-refractivity contribution in [3.63, 3.8) is 0 Å². The van der Waals surface area contributed by atoms with Crippen LogP contribution in [0.2, 0.25) is 0 Å². The number of hydrogen-bond donors (Lipinski definition) is 1. The molecule has 1 heterocycles. The van der Waals surface area contributed by atoms with Gasteiger partial charge in [0.05, 0.1) is 36.7 Å². The van der Waals surface area contributed by atoms with Crippen LogP contribution in [0.25, 0.3) is 5.69 Å². The van der Waals surface area contributed by atoms with Crippen LogP contribution in [0.5, 0.6) is 11.5 Å². The smallest absolute Gasteiger partial charge is 0.264 e. The molecule has 0 atom stereocenters. The van der Waals surface area contributed by atoms with Gasteiger partial charge in [0.25, 0.3) is 15.9 Å². The maximum absolute atomic E-state index is 13.6. The van der Waals surface area contributed by atoms with Crippen molar-refractivity contribution in [1.82, 2.24) is 9.99 Å². The van der Waals surface area contributed by atoms with Crippen molar-refractivity contribution >= 4 is 43.8 Å². The first-order valence-corrected chi connectivity index (χ1v) is 14.5. The number of ether oxygens (including phenoxy) is 2. The van der Waals surface area contributed by atoms with Crippen LogP contribution in [0.1, 0.15) is 17.0 Å². The second-order valence-corrected chi connectivity index (χ2v) is 11.5. The van der Waals surface area contributed by atoms with Crippen LogP contribution in [-0.4, -0.2) is 45.9 Å². The molecule has 0 saturated carbocycles. The normalized spacial score (nSPS) is 11.4. The van der Waals surface area contributed by atoms with Gasteiger partial charge in [0.2, 0.25) is 0 Å². The number of nitrogens with one attached hydrogen (secondary N) is 1. The zero-order valence-electron chi connectivity index (χ0n) is 22.5. The summed E-state index contributed by atoms with van der Waals surface area (Å²) in [6, 6.07) is 22.4. The first-order chi connectivity index (χ1) is 19.2. The molecule has 9 nitrogen and oxygen atoms in total. The van der Waals surface area contributed by atoms with Crippen LogP contribution in [0, 0.1) is 13.8 Å². The minimum absolute atomic E-state index is 0.0312. The summed E-state index contributed by atoms with van der Waals surface area (Å²) in [5, 5.41) is 4.12. The molecule has 40 heavy (non-hydrogen) atoms. The second kappa shape index (κ2) is 12.4. The molecule has 4 rings (SSSR count). The third-order valence-electron chi connectivity index (χ3n) is 6.23. The molecular formula is C29H29BrN4O5S. The Bertz CT molecular complexity index is 1650. The molecule has 1 N–H and O–H groups in total. The number of aromatic nitrogens is 1. The fourth-order valence-electron chi connectivity index (χ4n) is 4.27. The van der Waals surface area contributed by atoms with E-state index in [1.165, 1.54) is 38.6 Å². The van der Waals surface area contributed by atoms with Crippen molar-refractivity contribution < 1.29 is 22.7 Å². The Morgan fingerprint density at radius 2 is 1.70 bits per heavy atom. The number of carbonyl (C=O) groups is 1. The number of benzene rings is 3. The highest BCUT2D eigenvalue weighted by Gasteiger charge is 2.29. The number of hydrogen-bond acceptors (Lipinski definition) is 6. The lowest BCUT2D eigenvalue weighted by Gasteiger charge is -2.25. The van der Waals surface area contributed by atoms with Crippen LogP contribution < -0.4 is 19.2 Å². The molecule has 0 saturated heterocycles. The van der Waals surface area contributed by atoms with Gasteiger partial charge in [0, 0.05) is 27.5 Å². The summed E-state index contributed by atoms with van der Waals surface area (Å²) in [4.78, 5) is 13.1. The minimum Gasteiger partial charge on any atom is -0.497 e. The molecule has 0 spiro atoms. The van der Waals surface area contributed by atoms with E-state index in [0.717, 1.165) is 31.4 Å². The van der Waals surface area contributed by atoms with Gasteiger partial charge in [-0.3, -0.25) is 9.10 Å². The molecule has 0 radical (unpaired) electrons. The van der Waals surface area contributed by atoms with Gasteiger partial charge in [0.15, 0.2) is 0 Å². The maximum Gasteiger partial charge on any atom is 0.264 e. The number of carbonyl (C=O) groups excluding carboxylic acids is 1. The van der Waals surface area contributed by atoms with Gasteiger partial charge < -0.3 is 14.0 Å². The van der Waals surface area contributed by atoms with Crippen molar-refractivity contribution in [2.24, 2.45) is 5.10 Å². The van der Waals surface area contributed by atoms with E-state index in [9.17, 15) is 13.2 Å². The van der Waals surface area contributed by atoms with Crippen molar-refractivity contribution in [3.05, 3.63) is 100 Å². The third kappa shape index (κ3) is 6.05. The van der Waals surface area contributed by atoms with Gasteiger partial charge in [-0.1, -0.05) is 30.3 Å². The summed E-state index contributed by atoms with van der Waals surface area (Å²) in [5.74, 6) is 0.0785. The molecule has 1 amide bonds. The van der Waals surface area contributed by atoms with Gasteiger partial charge in [0.1, 0.15) is 18.0 Å². The molecule has 1 aromatic heterocycles. The van der Waals surface area contributed by atoms with Gasteiger partial charge in [-0.15, -0.1) is 0 Å². The van der Waals surface area contributed by atoms with E-state index >= 15 is 0 Å². The van der Waals surface area contributed by atoms with E-state index in [2.05, 4.69) is 31.0 Å². The largest absolute Gasteiger partial charge is 0.497 e. The Kier molecular flexibility index (Phi) is 8.96. The summed E-state index contributed by atoms with van der Waals surface area (Å²) in [6.07, 6.45) is 1.54. The molecule has 0 unspecified atom stereocenters. The number of rotatable bonds is 10. The zero-order valence-corrected chi connectivity index (χ0v) is 24.9. The average molecular weight is 626 g/mol. The highest BCUT2D eigenvalue weighted by Crippen LogP contribution is 2.35. The predicted molar refractivity (Wildman–Crippen MR) is 159 cm³/mol. The van der Waals surface area contributed by atoms with E-state index in [1.807, 2.05) is 44.2 Å². The van der Waals surface area contributed by atoms with E-state index in [1.54, 1.807) is 30.3 Å². The van der Waals surface area contributed by atoms with Gasteiger partial charge in [-0.05, 0) is 72.2 Å². The van der Waals surface area contributed by atoms with Crippen molar-refractivity contribution in [3.8, 4) is 17.2 Å². The number of aryl methyl sites for hydroxylation is 1. The number of halogens is 1. The number of sulfonamides is 1. The van der Waals surface area contributed by atoms with Crippen LogP contribution >= 0.6 is 15.9 Å². The first kappa shape index (κ1) is 28.9. The molecule has 208 valence electrons. The first-order valence-electron chi connectivity index (χ1n) is 12.2. The second-order valence-electron chi connectivity index (χ2n) is 8.77. The third-order valence-corrected chi connectivity index (χ3v) is 8.68. The molecule has 11 heteroatoms. The van der Waals surface area contributed by atoms with Gasteiger partial charge in [-0.2, -0.15) is 5.10 Å². The molecule has 0 aliphatic carbocycles. The molecule has 3 aromatic carbocycles. The van der Waals surface area contributed by atoms with Crippen LogP contribution in [-0.2, 0) is 14.8 Å². The number of amides is 1. The quantitative estimate of drug-likeness (QED) is 0.192. The fraction of sp³-hybridized carbons (Fsp3) is 0.172. The molecule has 0 aliphatic heterocycles. The summed E-state index contributed by atoms with van der Waals surface area (Å²) in [5.41, 5.74) is 6.35. The van der Waals surface area contributed by atoms with Crippen LogP contribution in [0.15, 0.2) is 93.3 Å². The summed E-state index contributed by atoms with van der Waals surface area (Å²) in [7, 11) is -1.22. The highest BCUT2D eigenvalue weighted by atomic mass is 79.9. The van der Waals surface area contributed by atoms with Crippen molar-refractivity contribution in [2.75, 3.05) is 25.1 Å². The monoisotopic (exact) mass is 624 g/mol. The van der Waals surface area contributed by atoms with E-state index in [0.29, 0.717) is 5.75 Å². The molecule has 0 aliphatic rings. The lowest BCUT2D eigenvalue weighted by Crippen LogP contribution is -2.39. The lowest BCUT2D eigenvalue weighted by molar-refractivity contribution is -0.119. The maximum atomic E-state index is 13.6. The Morgan fingerprint density at radius 3 is 2.38 bits per heavy atom. The van der Waals surface area contributed by atoms with E-state index in [-0.39, 0.29) is 16.3 Å². The van der Waals surface area contributed by atoms with Gasteiger partial charge in [-0.25, -0.2) is 13.8 Å². The Morgan fingerprint density at radius 1 is 1.00 bits per heavy atom. The Labute approximate surface area is 242 Å². The van der Waals surface area contributed by atoms with E-state index < -0.39 is 22.5 Å². The number of para-hydroxylation sites is 1. The summed E-state index contributed by atoms with van der Waals surface area (Å²) in [6.45, 7) is 3.41. The highest BCUT2D eigenvalue weighted by molar-refractivity contribution is 9.10. The Balaban J connectivity index is 1.60. The minimum atomic E-state index is -4.13. The number of anilines is 1. The number of hydrazone groups is 1. The predicted octanol–water partition coefficient (Wildman–Crippen LogP) is 5.22. The summed E-state index contributed by atoms with van der Waals surface area (Å²) >= 11 is 3.59. The van der Waals surface area contributed by atoms with Crippen molar-refractivity contribution in [1.29, 1.82) is 0 Å². The SMILES string of the molecule is COc1ccc(N(CC(=O)N/N=C\c2cc(C)n(-c3ccccc3Br)c2C)S(=O)(=O)c2ccccc2)c(OC)c1. The van der Waals surface area contributed by atoms with Gasteiger partial charge >= 0.3 is 0 Å². The molecule has 4 aromatic rings.